The van der Waals surface area contributed by atoms with E-state index in [-0.39, 0.29) is 25.0 Å². The van der Waals surface area contributed by atoms with Crippen molar-refractivity contribution in [3.8, 4) is 0 Å². The highest BCUT2D eigenvalue weighted by Crippen LogP contribution is 2.26. The van der Waals surface area contributed by atoms with Gasteiger partial charge in [0.1, 0.15) is 6.61 Å². The molecular formula is C18H16ClN3O6S. The topological polar surface area (TPSA) is 97.4 Å². The van der Waals surface area contributed by atoms with Crippen LogP contribution in [0.25, 0.3) is 0 Å². The number of thiophene rings is 1. The average molecular weight is 438 g/mol. The van der Waals surface area contributed by atoms with E-state index in [1.54, 1.807) is 41.3 Å². The number of carbonyl (C=O) groups is 3. The Kier molecular flexibility index (Phi) is 5.67. The molecule has 11 heteroatoms. The molecule has 2 aliphatic rings. The quantitative estimate of drug-likeness (QED) is 0.771. The second-order valence-electron chi connectivity index (χ2n) is 6.14. The summed E-state index contributed by atoms with van der Waals surface area (Å²) in [7, 11) is 0. The number of morpholine rings is 1. The normalized spacial score (nSPS) is 19.4. The van der Waals surface area contributed by atoms with E-state index < -0.39 is 12.4 Å². The first-order chi connectivity index (χ1) is 14.0. The van der Waals surface area contributed by atoms with Crippen molar-refractivity contribution in [3.05, 3.63) is 45.6 Å². The molecule has 0 spiro atoms. The van der Waals surface area contributed by atoms with Gasteiger partial charge in [0, 0.05) is 12.2 Å². The molecule has 0 bridgehead atoms. The summed E-state index contributed by atoms with van der Waals surface area (Å²) in [6.07, 6.45) is -1.65. The lowest BCUT2D eigenvalue weighted by molar-refractivity contribution is -0.125. The first-order valence-corrected chi connectivity index (χ1v) is 9.90. The van der Waals surface area contributed by atoms with Crippen LogP contribution in [0.1, 0.15) is 9.67 Å². The van der Waals surface area contributed by atoms with Crippen LogP contribution in [0, 0.1) is 0 Å². The fraction of sp³-hybridized carbons (Fsp3) is 0.278. The Labute approximate surface area is 174 Å². The summed E-state index contributed by atoms with van der Waals surface area (Å²) in [5, 5.41) is 3.64. The van der Waals surface area contributed by atoms with Gasteiger partial charge in [-0.1, -0.05) is 11.6 Å². The lowest BCUT2D eigenvalue weighted by atomic mass is 10.2. The van der Waals surface area contributed by atoms with Gasteiger partial charge in [0.2, 0.25) is 6.29 Å². The second kappa shape index (κ2) is 8.37. The van der Waals surface area contributed by atoms with Crippen LogP contribution in [0.2, 0.25) is 4.34 Å². The number of amides is 3. The molecule has 2 fully saturated rings. The van der Waals surface area contributed by atoms with Crippen LogP contribution in [-0.2, 0) is 19.1 Å². The molecule has 2 saturated heterocycles. The van der Waals surface area contributed by atoms with E-state index in [1.807, 2.05) is 0 Å². The summed E-state index contributed by atoms with van der Waals surface area (Å²) < 4.78 is 10.8. The number of cyclic esters (lactones) is 1. The maximum absolute atomic E-state index is 12.1. The van der Waals surface area contributed by atoms with E-state index in [0.717, 1.165) is 16.4 Å². The monoisotopic (exact) mass is 437 g/mol. The van der Waals surface area contributed by atoms with Crippen molar-refractivity contribution < 1.29 is 28.7 Å². The minimum absolute atomic E-state index is 0.0169. The molecule has 9 nitrogen and oxygen atoms in total. The number of hydroxylamine groups is 1. The fourth-order valence-corrected chi connectivity index (χ4v) is 3.81. The zero-order valence-electron chi connectivity index (χ0n) is 15.0. The summed E-state index contributed by atoms with van der Waals surface area (Å²) in [4.78, 5) is 43.6. The van der Waals surface area contributed by atoms with Crippen molar-refractivity contribution in [1.29, 1.82) is 0 Å². The molecule has 0 radical (unpaired) electrons. The number of halogens is 1. The van der Waals surface area contributed by atoms with Crippen molar-refractivity contribution in [2.45, 2.75) is 6.29 Å². The van der Waals surface area contributed by atoms with Crippen LogP contribution in [-0.4, -0.2) is 50.5 Å². The highest BCUT2D eigenvalue weighted by molar-refractivity contribution is 7.18. The lowest BCUT2D eigenvalue weighted by Gasteiger charge is -2.27. The van der Waals surface area contributed by atoms with Gasteiger partial charge in [0.05, 0.1) is 28.1 Å². The van der Waals surface area contributed by atoms with E-state index in [9.17, 15) is 14.4 Å². The maximum Gasteiger partial charge on any atom is 0.441 e. The van der Waals surface area contributed by atoms with Gasteiger partial charge in [-0.2, -0.15) is 0 Å². The van der Waals surface area contributed by atoms with Crippen molar-refractivity contribution in [2.24, 2.45) is 0 Å². The van der Waals surface area contributed by atoms with Crippen molar-refractivity contribution in [3.63, 3.8) is 0 Å². The van der Waals surface area contributed by atoms with Crippen molar-refractivity contribution >= 4 is 52.2 Å². The third kappa shape index (κ3) is 4.35. The van der Waals surface area contributed by atoms with E-state index in [1.165, 1.54) is 0 Å². The highest BCUT2D eigenvalue weighted by Gasteiger charge is 2.34. The number of anilines is 2. The minimum atomic E-state index is -0.956. The summed E-state index contributed by atoms with van der Waals surface area (Å²) >= 11 is 6.96. The third-order valence-electron chi connectivity index (χ3n) is 4.23. The predicted molar refractivity (Wildman–Crippen MR) is 105 cm³/mol. The summed E-state index contributed by atoms with van der Waals surface area (Å²) in [5.74, 6) is -0.455. The van der Waals surface area contributed by atoms with Crippen LogP contribution >= 0.6 is 22.9 Å². The van der Waals surface area contributed by atoms with Gasteiger partial charge >= 0.3 is 6.09 Å². The Morgan fingerprint density at radius 2 is 1.93 bits per heavy atom. The molecule has 1 aromatic carbocycles. The largest absolute Gasteiger partial charge is 0.441 e. The molecule has 1 aromatic heterocycles. The van der Waals surface area contributed by atoms with Crippen LogP contribution in [0.5, 0.6) is 0 Å². The number of rotatable bonds is 5. The molecular weight excluding hydrogens is 422 g/mol. The van der Waals surface area contributed by atoms with Crippen LogP contribution in [0.3, 0.4) is 0 Å². The zero-order valence-corrected chi connectivity index (χ0v) is 16.6. The summed E-state index contributed by atoms with van der Waals surface area (Å²) in [6.45, 7) is 0.975. The number of hydrogen-bond donors (Lipinski definition) is 1. The Morgan fingerprint density at radius 1 is 1.17 bits per heavy atom. The van der Waals surface area contributed by atoms with Gasteiger partial charge in [-0.05, 0) is 36.4 Å². The molecule has 1 atom stereocenters. The molecule has 2 aliphatic heterocycles. The number of ether oxygens (including phenoxy) is 2. The van der Waals surface area contributed by atoms with Crippen molar-refractivity contribution in [2.75, 3.05) is 36.3 Å². The SMILES string of the molecule is O=C(NC[C@@H]1OC(=O)N(c2ccc(N3CCOCC3=O)cc2)O1)c1ccc(Cl)s1. The average Bonchev–Trinajstić information content (AvgIpc) is 3.32. The number of benzene rings is 1. The molecule has 0 unspecified atom stereocenters. The van der Waals surface area contributed by atoms with Gasteiger partial charge in [0.25, 0.3) is 11.8 Å². The van der Waals surface area contributed by atoms with Gasteiger partial charge in [-0.15, -0.1) is 16.4 Å². The molecule has 4 rings (SSSR count). The molecule has 152 valence electrons. The molecule has 3 heterocycles. The first kappa shape index (κ1) is 19.6. The van der Waals surface area contributed by atoms with Crippen molar-refractivity contribution in [1.82, 2.24) is 5.32 Å². The third-order valence-corrected chi connectivity index (χ3v) is 5.46. The first-order valence-electron chi connectivity index (χ1n) is 8.70. The predicted octanol–water partition coefficient (Wildman–Crippen LogP) is 2.41. The standard InChI is InChI=1S/C18H16ClN3O6S/c19-14-6-5-13(29-14)17(24)20-9-16-27-18(25)22(28-16)12-3-1-11(2-4-12)21-7-8-26-10-15(21)23/h1-6,16H,7-10H2,(H,20,24)/t16-/m1/s1. The summed E-state index contributed by atoms with van der Waals surface area (Å²) in [6, 6.07) is 9.96. The Morgan fingerprint density at radius 3 is 2.62 bits per heavy atom. The highest BCUT2D eigenvalue weighted by atomic mass is 35.5. The maximum atomic E-state index is 12.1. The van der Waals surface area contributed by atoms with E-state index in [4.69, 9.17) is 25.9 Å². The van der Waals surface area contributed by atoms with Gasteiger partial charge < -0.3 is 19.7 Å². The van der Waals surface area contributed by atoms with Crippen LogP contribution in [0.15, 0.2) is 36.4 Å². The van der Waals surface area contributed by atoms with Gasteiger partial charge in [-0.25, -0.2) is 9.63 Å². The van der Waals surface area contributed by atoms with Crippen LogP contribution < -0.4 is 15.3 Å². The molecule has 0 aliphatic carbocycles. The lowest BCUT2D eigenvalue weighted by Crippen LogP contribution is -2.41. The number of carbonyl (C=O) groups excluding carboxylic acids is 3. The van der Waals surface area contributed by atoms with Gasteiger partial charge in [0.15, 0.2) is 0 Å². The van der Waals surface area contributed by atoms with Gasteiger partial charge in [-0.3, -0.25) is 9.59 Å². The fourth-order valence-electron chi connectivity index (χ4n) is 2.85. The molecule has 0 saturated carbocycles. The molecule has 3 amide bonds. The van der Waals surface area contributed by atoms with Crippen LogP contribution in [0.4, 0.5) is 16.2 Å². The Bertz CT molecular complexity index is 934. The number of nitrogens with one attached hydrogen (secondary N) is 1. The number of nitrogens with zero attached hydrogens (tertiary/aromatic N) is 2. The Balaban J connectivity index is 1.35. The van der Waals surface area contributed by atoms with E-state index >= 15 is 0 Å². The zero-order chi connectivity index (χ0) is 20.4. The number of hydrogen-bond acceptors (Lipinski definition) is 7. The molecule has 2 aromatic rings. The van der Waals surface area contributed by atoms with E-state index in [0.29, 0.717) is 33.7 Å². The van der Waals surface area contributed by atoms with E-state index in [2.05, 4.69) is 5.32 Å². The minimum Gasteiger partial charge on any atom is -0.414 e. The Hall–Kier alpha value is -2.66. The smallest absolute Gasteiger partial charge is 0.414 e. The summed E-state index contributed by atoms with van der Waals surface area (Å²) in [5.41, 5.74) is 1.14. The second-order valence-corrected chi connectivity index (χ2v) is 7.86. The molecule has 1 N–H and O–H groups in total. The molecule has 29 heavy (non-hydrogen) atoms.